The molecule has 0 radical (unpaired) electrons. The van der Waals surface area contributed by atoms with Gasteiger partial charge in [0.05, 0.1) is 0 Å². The van der Waals surface area contributed by atoms with Crippen molar-refractivity contribution in [1.29, 1.82) is 0 Å². The second kappa shape index (κ2) is 7.12. The lowest BCUT2D eigenvalue weighted by Gasteiger charge is -2.34. The van der Waals surface area contributed by atoms with Crippen molar-refractivity contribution in [1.82, 2.24) is 14.9 Å². The number of amides is 1. The van der Waals surface area contributed by atoms with Crippen molar-refractivity contribution < 1.29 is 13.9 Å². The minimum atomic E-state index is -0.294. The van der Waals surface area contributed by atoms with Crippen molar-refractivity contribution in [2.75, 3.05) is 37.7 Å². The van der Waals surface area contributed by atoms with E-state index in [4.69, 9.17) is 9.15 Å². The largest absolute Gasteiger partial charge is 0.477 e. The molecule has 1 aliphatic heterocycles. The number of aryl methyl sites for hydroxylation is 1. The van der Waals surface area contributed by atoms with Gasteiger partial charge in [-0.15, -0.1) is 0 Å². The minimum Gasteiger partial charge on any atom is -0.477 e. The van der Waals surface area contributed by atoms with Crippen molar-refractivity contribution in [3.8, 4) is 5.75 Å². The zero-order chi connectivity index (χ0) is 16.9. The number of rotatable bonds is 4. The molecule has 2 aromatic rings. The first kappa shape index (κ1) is 16.0. The van der Waals surface area contributed by atoms with Crippen LogP contribution in [0.2, 0.25) is 0 Å². The Kier molecular flexibility index (Phi) is 4.74. The van der Waals surface area contributed by atoms with Crippen LogP contribution >= 0.6 is 0 Å². The molecule has 126 valence electrons. The first-order chi connectivity index (χ1) is 11.6. The van der Waals surface area contributed by atoms with E-state index < -0.39 is 0 Å². The number of aromatic nitrogens is 2. The number of carbonyl (C=O) groups is 1. The van der Waals surface area contributed by atoms with E-state index in [0.29, 0.717) is 37.9 Å². The molecule has 8 nitrogen and oxygen atoms in total. The van der Waals surface area contributed by atoms with Gasteiger partial charge in [-0.05, 0) is 13.0 Å². The predicted molar refractivity (Wildman–Crippen MR) is 86.0 cm³/mol. The molecule has 0 atom stereocenters. The fourth-order valence-electron chi connectivity index (χ4n) is 2.44. The van der Waals surface area contributed by atoms with Crippen molar-refractivity contribution >= 4 is 11.9 Å². The van der Waals surface area contributed by atoms with E-state index in [2.05, 4.69) is 9.97 Å². The maximum atomic E-state index is 12.2. The molecule has 2 aromatic heterocycles. The quantitative estimate of drug-likeness (QED) is 0.805. The van der Waals surface area contributed by atoms with Crippen LogP contribution in [0.15, 0.2) is 40.0 Å². The SMILES string of the molecule is Cc1cc(=O)c(OCC(=O)N2CCN(c3ncccn3)CC2)co1. The molecule has 0 bridgehead atoms. The summed E-state index contributed by atoms with van der Waals surface area (Å²) in [5, 5.41) is 0. The van der Waals surface area contributed by atoms with E-state index >= 15 is 0 Å². The Labute approximate surface area is 138 Å². The fourth-order valence-corrected chi connectivity index (χ4v) is 2.44. The fraction of sp³-hybridized carbons (Fsp3) is 0.375. The predicted octanol–water partition coefficient (Wildman–Crippen LogP) is 0.466. The lowest BCUT2D eigenvalue weighted by atomic mass is 10.3. The van der Waals surface area contributed by atoms with Crippen molar-refractivity contribution in [2.45, 2.75) is 6.92 Å². The third kappa shape index (κ3) is 3.70. The lowest BCUT2D eigenvalue weighted by molar-refractivity contribution is -0.133. The van der Waals surface area contributed by atoms with Crippen LogP contribution in [0.5, 0.6) is 5.75 Å². The van der Waals surface area contributed by atoms with Gasteiger partial charge in [0.1, 0.15) is 12.0 Å². The second-order valence-corrected chi connectivity index (χ2v) is 5.42. The zero-order valence-corrected chi connectivity index (χ0v) is 13.3. The van der Waals surface area contributed by atoms with Crippen LogP contribution < -0.4 is 15.1 Å². The van der Waals surface area contributed by atoms with Crippen LogP contribution in [0.3, 0.4) is 0 Å². The number of ether oxygens (including phenoxy) is 1. The van der Waals surface area contributed by atoms with Crippen LogP contribution in [0, 0.1) is 6.92 Å². The van der Waals surface area contributed by atoms with E-state index in [1.54, 1.807) is 30.3 Å². The van der Waals surface area contributed by atoms with Gasteiger partial charge in [-0.2, -0.15) is 0 Å². The average molecular weight is 330 g/mol. The molecule has 3 rings (SSSR count). The minimum absolute atomic E-state index is 0.0465. The van der Waals surface area contributed by atoms with E-state index in [0.717, 1.165) is 0 Å². The van der Waals surface area contributed by atoms with E-state index in [9.17, 15) is 9.59 Å². The van der Waals surface area contributed by atoms with Gasteiger partial charge < -0.3 is 19.0 Å². The van der Waals surface area contributed by atoms with Gasteiger partial charge in [-0.25, -0.2) is 9.97 Å². The number of hydrogen-bond acceptors (Lipinski definition) is 7. The Hall–Kier alpha value is -2.90. The van der Waals surface area contributed by atoms with Gasteiger partial charge in [0.25, 0.3) is 5.91 Å². The van der Waals surface area contributed by atoms with Gasteiger partial charge in [-0.3, -0.25) is 9.59 Å². The molecule has 8 heteroatoms. The van der Waals surface area contributed by atoms with E-state index in [1.807, 2.05) is 4.90 Å². The average Bonchev–Trinajstić information content (AvgIpc) is 2.62. The summed E-state index contributed by atoms with van der Waals surface area (Å²) in [5.41, 5.74) is -0.294. The van der Waals surface area contributed by atoms with Gasteiger partial charge in [-0.1, -0.05) is 0 Å². The molecule has 0 aromatic carbocycles. The molecule has 1 saturated heterocycles. The van der Waals surface area contributed by atoms with Gasteiger partial charge in [0, 0.05) is 44.6 Å². The number of anilines is 1. The van der Waals surface area contributed by atoms with Gasteiger partial charge >= 0.3 is 0 Å². The summed E-state index contributed by atoms with van der Waals surface area (Å²) in [5.74, 6) is 1.05. The second-order valence-electron chi connectivity index (χ2n) is 5.42. The molecule has 0 spiro atoms. The standard InChI is InChI=1S/C16H18N4O4/c1-12-9-13(21)14(10-23-12)24-11-15(22)19-5-7-20(8-6-19)16-17-3-2-4-18-16/h2-4,9-10H,5-8,11H2,1H3. The first-order valence-electron chi connectivity index (χ1n) is 7.65. The highest BCUT2D eigenvalue weighted by Crippen LogP contribution is 2.10. The smallest absolute Gasteiger partial charge is 0.260 e. The molecular formula is C16H18N4O4. The molecule has 1 fully saturated rings. The van der Waals surface area contributed by atoms with E-state index in [1.165, 1.54) is 12.3 Å². The third-order valence-corrected chi connectivity index (χ3v) is 3.75. The lowest BCUT2D eigenvalue weighted by Crippen LogP contribution is -2.50. The van der Waals surface area contributed by atoms with Crippen molar-refractivity contribution in [3.05, 3.63) is 46.8 Å². The highest BCUT2D eigenvalue weighted by atomic mass is 16.5. The molecule has 1 amide bonds. The van der Waals surface area contributed by atoms with Crippen LogP contribution in [-0.4, -0.2) is 53.6 Å². The summed E-state index contributed by atoms with van der Waals surface area (Å²) in [7, 11) is 0. The molecular weight excluding hydrogens is 312 g/mol. The summed E-state index contributed by atoms with van der Waals surface area (Å²) in [6.07, 6.45) is 4.62. The monoisotopic (exact) mass is 330 g/mol. The normalized spacial score (nSPS) is 14.5. The van der Waals surface area contributed by atoms with Crippen LogP contribution in [-0.2, 0) is 4.79 Å². The molecule has 0 saturated carbocycles. The topological polar surface area (TPSA) is 88.8 Å². The molecule has 0 unspecified atom stereocenters. The van der Waals surface area contributed by atoms with Gasteiger partial charge in [0.2, 0.25) is 17.1 Å². The Morgan fingerprint density at radius 1 is 1.25 bits per heavy atom. The first-order valence-corrected chi connectivity index (χ1v) is 7.65. The summed E-state index contributed by atoms with van der Waals surface area (Å²) < 4.78 is 10.4. The molecule has 1 aliphatic rings. The number of carbonyl (C=O) groups excluding carboxylic acids is 1. The third-order valence-electron chi connectivity index (χ3n) is 3.75. The highest BCUT2D eigenvalue weighted by Gasteiger charge is 2.22. The summed E-state index contributed by atoms with van der Waals surface area (Å²) in [4.78, 5) is 36.1. The van der Waals surface area contributed by atoms with Gasteiger partial charge in [0.15, 0.2) is 6.61 Å². The van der Waals surface area contributed by atoms with Crippen LogP contribution in [0.25, 0.3) is 0 Å². The molecule has 0 N–H and O–H groups in total. The van der Waals surface area contributed by atoms with E-state index in [-0.39, 0.29) is 23.7 Å². The zero-order valence-electron chi connectivity index (χ0n) is 13.3. The summed E-state index contributed by atoms with van der Waals surface area (Å²) in [6.45, 7) is 3.92. The Morgan fingerprint density at radius 3 is 2.62 bits per heavy atom. The highest BCUT2D eigenvalue weighted by molar-refractivity contribution is 5.78. The van der Waals surface area contributed by atoms with Crippen LogP contribution in [0.1, 0.15) is 5.76 Å². The Bertz CT molecular complexity index is 754. The molecule has 24 heavy (non-hydrogen) atoms. The van der Waals surface area contributed by atoms with Crippen molar-refractivity contribution in [3.63, 3.8) is 0 Å². The maximum absolute atomic E-state index is 12.2. The number of piperazine rings is 1. The number of hydrogen-bond donors (Lipinski definition) is 0. The molecule has 0 aliphatic carbocycles. The maximum Gasteiger partial charge on any atom is 0.260 e. The Morgan fingerprint density at radius 2 is 1.96 bits per heavy atom. The molecule has 3 heterocycles. The summed E-state index contributed by atoms with van der Waals surface area (Å²) >= 11 is 0. The summed E-state index contributed by atoms with van der Waals surface area (Å²) in [6, 6.07) is 3.10. The Balaban J connectivity index is 1.51. The number of nitrogens with zero attached hydrogens (tertiary/aromatic N) is 4. The van der Waals surface area contributed by atoms with Crippen molar-refractivity contribution in [2.24, 2.45) is 0 Å². The van der Waals surface area contributed by atoms with Crippen LogP contribution in [0.4, 0.5) is 5.95 Å².